The van der Waals surface area contributed by atoms with E-state index < -0.39 is 15.7 Å². The van der Waals surface area contributed by atoms with E-state index in [2.05, 4.69) is 0 Å². The lowest BCUT2D eigenvalue weighted by molar-refractivity contribution is 0.100. The highest BCUT2D eigenvalue weighted by molar-refractivity contribution is 7.90. The van der Waals surface area contributed by atoms with E-state index in [1.54, 1.807) is 0 Å². The van der Waals surface area contributed by atoms with Gasteiger partial charge in [0.15, 0.2) is 9.84 Å². The molecule has 0 aliphatic carbocycles. The van der Waals surface area contributed by atoms with Crippen LogP contribution in [0.1, 0.15) is 10.4 Å². The number of hydrogen-bond donors (Lipinski definition) is 2. The molecule has 0 atom stereocenters. The fraction of sp³-hybridized carbons (Fsp3) is 0.0714. The van der Waals surface area contributed by atoms with E-state index in [4.69, 9.17) is 16.2 Å². The minimum Gasteiger partial charge on any atom is -0.455 e. The molecule has 0 heterocycles. The van der Waals surface area contributed by atoms with E-state index in [1.165, 1.54) is 42.5 Å². The Hall–Kier alpha value is -2.54. The van der Waals surface area contributed by atoms with Crippen LogP contribution < -0.4 is 16.2 Å². The Balaban J connectivity index is 2.24. The molecule has 0 unspecified atom stereocenters. The molecule has 0 spiro atoms. The highest BCUT2D eigenvalue weighted by atomic mass is 32.2. The second-order valence-corrected chi connectivity index (χ2v) is 6.48. The normalized spacial score (nSPS) is 11.1. The molecule has 0 saturated carbocycles. The minimum absolute atomic E-state index is 0.201. The molecule has 0 aliphatic rings. The first kappa shape index (κ1) is 14.9. The summed E-state index contributed by atoms with van der Waals surface area (Å²) in [7, 11) is -3.25. The zero-order chi connectivity index (χ0) is 15.6. The Labute approximate surface area is 122 Å². The summed E-state index contributed by atoms with van der Waals surface area (Å²) in [6.07, 6.45) is 1.13. The van der Waals surface area contributed by atoms with Crippen LogP contribution >= 0.6 is 0 Å². The van der Waals surface area contributed by atoms with E-state index in [0.717, 1.165) is 6.26 Å². The number of ether oxygens (including phenoxy) is 1. The molecule has 6 nitrogen and oxygen atoms in total. The minimum atomic E-state index is -3.25. The molecule has 0 fully saturated rings. The van der Waals surface area contributed by atoms with Gasteiger partial charge in [0, 0.05) is 11.8 Å². The summed E-state index contributed by atoms with van der Waals surface area (Å²) >= 11 is 0. The maximum Gasteiger partial charge on any atom is 0.248 e. The van der Waals surface area contributed by atoms with E-state index in [9.17, 15) is 13.2 Å². The van der Waals surface area contributed by atoms with Crippen LogP contribution in [0.3, 0.4) is 0 Å². The van der Waals surface area contributed by atoms with Gasteiger partial charge in [0.25, 0.3) is 0 Å². The smallest absolute Gasteiger partial charge is 0.248 e. The summed E-state index contributed by atoms with van der Waals surface area (Å²) in [5.74, 6) is 0.207. The number of sulfone groups is 1. The number of rotatable bonds is 4. The fourth-order valence-corrected chi connectivity index (χ4v) is 2.31. The predicted octanol–water partition coefficient (Wildman–Crippen LogP) is 1.56. The van der Waals surface area contributed by atoms with Crippen molar-refractivity contribution < 1.29 is 17.9 Å². The van der Waals surface area contributed by atoms with Crippen molar-refractivity contribution in [1.29, 1.82) is 0 Å². The van der Waals surface area contributed by atoms with Crippen LogP contribution in [0.5, 0.6) is 11.5 Å². The molecule has 2 aromatic rings. The first-order valence-electron chi connectivity index (χ1n) is 5.94. The van der Waals surface area contributed by atoms with E-state index in [1.807, 2.05) is 0 Å². The quantitative estimate of drug-likeness (QED) is 0.832. The standard InChI is InChI=1S/C14H14N2O4S/c1-21(18,19)11-5-3-10(4-6-11)20-13-7-2-9(14(16)17)8-12(13)15/h2-8H,15H2,1H3,(H2,16,17). The van der Waals surface area contributed by atoms with Crippen molar-refractivity contribution in [1.82, 2.24) is 0 Å². The molecule has 0 bridgehead atoms. The number of anilines is 1. The number of benzene rings is 2. The van der Waals surface area contributed by atoms with Crippen molar-refractivity contribution in [3.63, 3.8) is 0 Å². The topological polar surface area (TPSA) is 112 Å². The average molecular weight is 306 g/mol. The first-order valence-corrected chi connectivity index (χ1v) is 7.84. The third-order valence-corrected chi connectivity index (χ3v) is 3.90. The highest BCUT2D eigenvalue weighted by Crippen LogP contribution is 2.28. The van der Waals surface area contributed by atoms with Crippen molar-refractivity contribution >= 4 is 21.4 Å². The lowest BCUT2D eigenvalue weighted by Gasteiger charge is -2.09. The van der Waals surface area contributed by atoms with Gasteiger partial charge in [-0.2, -0.15) is 0 Å². The number of nitrogen functional groups attached to an aromatic ring is 1. The Morgan fingerprint density at radius 1 is 1.10 bits per heavy atom. The molecule has 21 heavy (non-hydrogen) atoms. The van der Waals surface area contributed by atoms with Gasteiger partial charge in [-0.05, 0) is 42.5 Å². The molecule has 1 amide bonds. The Bertz CT molecular complexity index is 783. The SMILES string of the molecule is CS(=O)(=O)c1ccc(Oc2ccc(C(N)=O)cc2N)cc1. The number of amides is 1. The summed E-state index contributed by atoms with van der Waals surface area (Å²) in [6.45, 7) is 0. The van der Waals surface area contributed by atoms with E-state index >= 15 is 0 Å². The number of primary amides is 1. The van der Waals surface area contributed by atoms with Crippen molar-refractivity contribution in [2.24, 2.45) is 5.73 Å². The molecule has 0 radical (unpaired) electrons. The molecule has 0 aromatic heterocycles. The van der Waals surface area contributed by atoms with Gasteiger partial charge in [-0.25, -0.2) is 8.42 Å². The Morgan fingerprint density at radius 2 is 1.71 bits per heavy atom. The summed E-state index contributed by atoms with van der Waals surface area (Å²) in [5.41, 5.74) is 11.5. The zero-order valence-electron chi connectivity index (χ0n) is 11.2. The van der Waals surface area contributed by atoms with Crippen LogP contribution in [0, 0.1) is 0 Å². The second kappa shape index (κ2) is 5.45. The van der Waals surface area contributed by atoms with Gasteiger partial charge < -0.3 is 16.2 Å². The molecule has 0 saturated heterocycles. The number of nitrogens with two attached hydrogens (primary N) is 2. The summed E-state index contributed by atoms with van der Waals surface area (Å²) < 4.78 is 28.2. The maximum atomic E-state index is 11.4. The molecule has 0 aliphatic heterocycles. The zero-order valence-corrected chi connectivity index (χ0v) is 12.1. The van der Waals surface area contributed by atoms with E-state index in [-0.39, 0.29) is 16.1 Å². The largest absolute Gasteiger partial charge is 0.455 e. The lowest BCUT2D eigenvalue weighted by Crippen LogP contribution is -2.11. The molecular weight excluding hydrogens is 292 g/mol. The van der Waals surface area contributed by atoms with Gasteiger partial charge in [0.05, 0.1) is 10.6 Å². The maximum absolute atomic E-state index is 11.4. The molecule has 4 N–H and O–H groups in total. The van der Waals surface area contributed by atoms with Gasteiger partial charge in [-0.15, -0.1) is 0 Å². The van der Waals surface area contributed by atoms with Crippen molar-refractivity contribution in [2.75, 3.05) is 12.0 Å². The van der Waals surface area contributed by atoms with E-state index in [0.29, 0.717) is 11.5 Å². The fourth-order valence-electron chi connectivity index (χ4n) is 1.68. The van der Waals surface area contributed by atoms with Crippen LogP contribution in [0.4, 0.5) is 5.69 Å². The molecule has 2 aromatic carbocycles. The first-order chi connectivity index (χ1) is 9.77. The van der Waals surface area contributed by atoms with Crippen LogP contribution in [-0.4, -0.2) is 20.6 Å². The van der Waals surface area contributed by atoms with Gasteiger partial charge in [0.1, 0.15) is 11.5 Å². The van der Waals surface area contributed by atoms with Crippen LogP contribution in [0.15, 0.2) is 47.4 Å². The molecule has 110 valence electrons. The number of hydrogen-bond acceptors (Lipinski definition) is 5. The molecular formula is C14H14N2O4S. The monoisotopic (exact) mass is 306 g/mol. The summed E-state index contributed by atoms with van der Waals surface area (Å²) in [6, 6.07) is 10.4. The third kappa shape index (κ3) is 3.51. The summed E-state index contributed by atoms with van der Waals surface area (Å²) in [4.78, 5) is 11.2. The van der Waals surface area contributed by atoms with Crippen molar-refractivity contribution in [3.8, 4) is 11.5 Å². The van der Waals surface area contributed by atoms with Crippen LogP contribution in [-0.2, 0) is 9.84 Å². The Kier molecular flexibility index (Phi) is 3.86. The van der Waals surface area contributed by atoms with Gasteiger partial charge in [0.2, 0.25) is 5.91 Å². The Morgan fingerprint density at radius 3 is 2.19 bits per heavy atom. The van der Waals surface area contributed by atoms with Crippen LogP contribution in [0.25, 0.3) is 0 Å². The van der Waals surface area contributed by atoms with Gasteiger partial charge in [-0.3, -0.25) is 4.79 Å². The lowest BCUT2D eigenvalue weighted by atomic mass is 10.2. The summed E-state index contributed by atoms with van der Waals surface area (Å²) in [5, 5.41) is 0. The number of carbonyl (C=O) groups is 1. The molecule has 2 rings (SSSR count). The van der Waals surface area contributed by atoms with Crippen molar-refractivity contribution in [2.45, 2.75) is 4.90 Å². The highest BCUT2D eigenvalue weighted by Gasteiger charge is 2.09. The van der Waals surface area contributed by atoms with Gasteiger partial charge in [-0.1, -0.05) is 0 Å². The second-order valence-electron chi connectivity index (χ2n) is 4.46. The van der Waals surface area contributed by atoms with Crippen LogP contribution in [0.2, 0.25) is 0 Å². The van der Waals surface area contributed by atoms with Gasteiger partial charge >= 0.3 is 0 Å². The number of carbonyl (C=O) groups excluding carboxylic acids is 1. The molecule has 7 heteroatoms. The third-order valence-electron chi connectivity index (χ3n) is 2.77. The predicted molar refractivity (Wildman–Crippen MR) is 79.0 cm³/mol. The van der Waals surface area contributed by atoms with Crippen molar-refractivity contribution in [3.05, 3.63) is 48.0 Å². The average Bonchev–Trinajstić information content (AvgIpc) is 2.40.